The topological polar surface area (TPSA) is 40.5 Å². The molecule has 1 saturated heterocycles. The van der Waals surface area contributed by atoms with Crippen molar-refractivity contribution in [2.45, 2.75) is 26.3 Å². The smallest absolute Gasteiger partial charge is 0.310 e. The molecule has 1 fully saturated rings. The van der Waals surface area contributed by atoms with Gasteiger partial charge in [0.2, 0.25) is 0 Å². The third-order valence-corrected chi connectivity index (χ3v) is 4.24. The Kier molecular flexibility index (Phi) is 4.11. The minimum absolute atomic E-state index is 0.108. The third-order valence-electron chi connectivity index (χ3n) is 3.95. The Bertz CT molecular complexity index is 494. The van der Waals surface area contributed by atoms with Crippen molar-refractivity contribution in [2.24, 2.45) is 5.41 Å². The Hall–Kier alpha value is -1.13. The van der Waals surface area contributed by atoms with Gasteiger partial charge in [0.1, 0.15) is 5.82 Å². The van der Waals surface area contributed by atoms with Crippen LogP contribution in [0.5, 0.6) is 0 Å². The van der Waals surface area contributed by atoms with Crippen molar-refractivity contribution in [2.75, 3.05) is 13.1 Å². The summed E-state index contributed by atoms with van der Waals surface area (Å²) in [5.74, 6) is -1.16. The van der Waals surface area contributed by atoms with Crippen LogP contribution >= 0.6 is 11.6 Å². The summed E-state index contributed by atoms with van der Waals surface area (Å²) >= 11 is 5.75. The number of carboxylic acid groups (broad SMARTS) is 1. The second kappa shape index (κ2) is 5.47. The fourth-order valence-electron chi connectivity index (χ4n) is 2.60. The number of benzene rings is 1. The van der Waals surface area contributed by atoms with E-state index in [-0.39, 0.29) is 5.02 Å². The van der Waals surface area contributed by atoms with E-state index in [0.29, 0.717) is 25.9 Å². The minimum atomic E-state index is -0.727. The normalized spacial score (nSPS) is 23.7. The summed E-state index contributed by atoms with van der Waals surface area (Å²) in [6, 6.07) is 4.63. The number of halogens is 2. The van der Waals surface area contributed by atoms with E-state index in [1.165, 1.54) is 6.07 Å². The molecule has 1 heterocycles. The van der Waals surface area contributed by atoms with Gasteiger partial charge in [-0.25, -0.2) is 4.39 Å². The third kappa shape index (κ3) is 2.90. The highest BCUT2D eigenvalue weighted by Gasteiger charge is 2.42. The summed E-state index contributed by atoms with van der Waals surface area (Å²) in [5.41, 5.74) is 0.271. The summed E-state index contributed by atoms with van der Waals surface area (Å²) < 4.78 is 13.1. The van der Waals surface area contributed by atoms with Gasteiger partial charge in [0.05, 0.1) is 10.4 Å². The second-order valence-corrected chi connectivity index (χ2v) is 5.56. The number of hydrogen-bond acceptors (Lipinski definition) is 2. The van der Waals surface area contributed by atoms with Crippen LogP contribution in [-0.2, 0) is 11.3 Å². The summed E-state index contributed by atoms with van der Waals surface area (Å²) in [6.45, 7) is 3.80. The number of nitrogens with zero attached hydrogens (tertiary/aromatic N) is 1. The first kappa shape index (κ1) is 14.3. The molecule has 0 aromatic heterocycles. The molecule has 1 aromatic rings. The molecular formula is C14H17ClFNO2. The number of carboxylic acids is 1. The first-order valence-electron chi connectivity index (χ1n) is 6.36. The lowest BCUT2D eigenvalue weighted by Crippen LogP contribution is -2.33. The van der Waals surface area contributed by atoms with Crippen molar-refractivity contribution >= 4 is 17.6 Å². The van der Waals surface area contributed by atoms with Gasteiger partial charge in [-0.15, -0.1) is 0 Å². The molecule has 0 aliphatic carbocycles. The Morgan fingerprint density at radius 3 is 2.84 bits per heavy atom. The molecule has 0 saturated carbocycles. The largest absolute Gasteiger partial charge is 0.481 e. The van der Waals surface area contributed by atoms with Crippen LogP contribution in [0.1, 0.15) is 25.3 Å². The molecule has 19 heavy (non-hydrogen) atoms. The SMILES string of the molecule is CCC1(C(=O)O)CCN(Cc2ccc(F)c(Cl)c2)C1. The molecule has 3 nitrogen and oxygen atoms in total. The molecule has 1 aromatic carbocycles. The van der Waals surface area contributed by atoms with Gasteiger partial charge >= 0.3 is 5.97 Å². The number of carbonyl (C=O) groups is 1. The van der Waals surface area contributed by atoms with Crippen LogP contribution in [0.25, 0.3) is 0 Å². The number of rotatable bonds is 4. The summed E-state index contributed by atoms with van der Waals surface area (Å²) in [6.07, 6.45) is 1.29. The minimum Gasteiger partial charge on any atom is -0.481 e. The van der Waals surface area contributed by atoms with E-state index >= 15 is 0 Å². The van der Waals surface area contributed by atoms with E-state index in [4.69, 9.17) is 11.6 Å². The zero-order chi connectivity index (χ0) is 14.0. The molecule has 1 aliphatic rings. The molecule has 1 aliphatic heterocycles. The molecule has 104 valence electrons. The average Bonchev–Trinajstić information content (AvgIpc) is 2.79. The van der Waals surface area contributed by atoms with E-state index in [1.54, 1.807) is 12.1 Å². The summed E-state index contributed by atoms with van der Waals surface area (Å²) in [4.78, 5) is 13.4. The van der Waals surface area contributed by atoms with Crippen molar-refractivity contribution in [3.05, 3.63) is 34.6 Å². The average molecular weight is 286 g/mol. The van der Waals surface area contributed by atoms with Crippen molar-refractivity contribution in [3.8, 4) is 0 Å². The van der Waals surface area contributed by atoms with Gasteiger partial charge < -0.3 is 5.11 Å². The Balaban J connectivity index is 2.05. The van der Waals surface area contributed by atoms with E-state index in [0.717, 1.165) is 12.1 Å². The summed E-state index contributed by atoms with van der Waals surface area (Å²) in [7, 11) is 0. The number of hydrogen-bond donors (Lipinski definition) is 1. The van der Waals surface area contributed by atoms with Gasteiger partial charge in [0, 0.05) is 13.1 Å². The summed E-state index contributed by atoms with van der Waals surface area (Å²) in [5, 5.41) is 9.44. The zero-order valence-corrected chi connectivity index (χ0v) is 11.6. The van der Waals surface area contributed by atoms with E-state index < -0.39 is 17.2 Å². The van der Waals surface area contributed by atoms with Gasteiger partial charge in [-0.1, -0.05) is 24.6 Å². The fraction of sp³-hybridized carbons (Fsp3) is 0.500. The predicted molar refractivity (Wildman–Crippen MR) is 71.7 cm³/mol. The van der Waals surface area contributed by atoms with Gasteiger partial charge in [-0.05, 0) is 37.1 Å². The predicted octanol–water partition coefficient (Wildman–Crippen LogP) is 3.17. The highest BCUT2D eigenvalue weighted by Crippen LogP contribution is 2.35. The zero-order valence-electron chi connectivity index (χ0n) is 10.8. The van der Waals surface area contributed by atoms with E-state index in [9.17, 15) is 14.3 Å². The van der Waals surface area contributed by atoms with Crippen molar-refractivity contribution in [1.29, 1.82) is 0 Å². The Morgan fingerprint density at radius 2 is 2.32 bits per heavy atom. The quantitative estimate of drug-likeness (QED) is 0.924. The highest BCUT2D eigenvalue weighted by atomic mass is 35.5. The number of likely N-dealkylation sites (tertiary alicyclic amines) is 1. The Labute approximate surface area is 117 Å². The molecule has 0 spiro atoms. The van der Waals surface area contributed by atoms with Gasteiger partial charge in [-0.2, -0.15) is 0 Å². The molecule has 1 unspecified atom stereocenters. The lowest BCUT2D eigenvalue weighted by molar-refractivity contribution is -0.148. The highest BCUT2D eigenvalue weighted by molar-refractivity contribution is 6.30. The van der Waals surface area contributed by atoms with Gasteiger partial charge in [0.25, 0.3) is 0 Å². The lowest BCUT2D eigenvalue weighted by Gasteiger charge is -2.23. The second-order valence-electron chi connectivity index (χ2n) is 5.15. The van der Waals surface area contributed by atoms with Crippen LogP contribution in [0.2, 0.25) is 5.02 Å². The maximum Gasteiger partial charge on any atom is 0.310 e. The molecule has 2 rings (SSSR count). The van der Waals surface area contributed by atoms with Crippen molar-refractivity contribution in [3.63, 3.8) is 0 Å². The maximum atomic E-state index is 13.1. The van der Waals surface area contributed by atoms with Crippen LogP contribution in [-0.4, -0.2) is 29.1 Å². The first-order chi connectivity index (χ1) is 8.97. The van der Waals surface area contributed by atoms with E-state index in [2.05, 4.69) is 4.90 Å². The molecule has 1 atom stereocenters. The fourth-order valence-corrected chi connectivity index (χ4v) is 2.81. The maximum absolute atomic E-state index is 13.1. The van der Waals surface area contributed by atoms with Crippen LogP contribution in [0.4, 0.5) is 4.39 Å². The van der Waals surface area contributed by atoms with Crippen LogP contribution in [0.15, 0.2) is 18.2 Å². The number of aliphatic carboxylic acids is 1. The lowest BCUT2D eigenvalue weighted by atomic mass is 9.84. The van der Waals surface area contributed by atoms with E-state index in [1.807, 2.05) is 6.92 Å². The molecule has 1 N–H and O–H groups in total. The molecule has 0 bridgehead atoms. The molecule has 0 radical (unpaired) electrons. The molecular weight excluding hydrogens is 269 g/mol. The van der Waals surface area contributed by atoms with Crippen molar-refractivity contribution in [1.82, 2.24) is 4.90 Å². The van der Waals surface area contributed by atoms with Crippen LogP contribution < -0.4 is 0 Å². The standard InChI is InChI=1S/C14H17ClFNO2/c1-2-14(13(18)19)5-6-17(9-14)8-10-3-4-12(16)11(15)7-10/h3-4,7H,2,5-6,8-9H2,1H3,(H,18,19). The van der Waals surface area contributed by atoms with Crippen LogP contribution in [0, 0.1) is 11.2 Å². The van der Waals surface area contributed by atoms with Gasteiger partial charge in [0.15, 0.2) is 0 Å². The van der Waals surface area contributed by atoms with Gasteiger partial charge in [-0.3, -0.25) is 9.69 Å². The van der Waals surface area contributed by atoms with Crippen molar-refractivity contribution < 1.29 is 14.3 Å². The first-order valence-corrected chi connectivity index (χ1v) is 6.74. The van der Waals surface area contributed by atoms with Crippen LogP contribution in [0.3, 0.4) is 0 Å². The molecule has 0 amide bonds. The monoisotopic (exact) mass is 285 g/mol. The molecule has 5 heteroatoms. The Morgan fingerprint density at radius 1 is 1.58 bits per heavy atom.